The first-order valence-electron chi connectivity index (χ1n) is 6.82. The number of anilines is 1. The fraction of sp³-hybridized carbons (Fsp3) is 0.467. The molecule has 0 aliphatic heterocycles. The topological polar surface area (TPSA) is 98.2 Å². The van der Waals surface area contributed by atoms with E-state index in [1.807, 2.05) is 20.8 Å². The summed E-state index contributed by atoms with van der Waals surface area (Å²) in [7, 11) is 0. The maximum atomic E-state index is 12.5. The first-order valence-corrected chi connectivity index (χ1v) is 6.82. The van der Waals surface area contributed by atoms with Gasteiger partial charge in [0.15, 0.2) is 0 Å². The summed E-state index contributed by atoms with van der Waals surface area (Å²) in [5.74, 6) is -0.633. The van der Waals surface area contributed by atoms with Gasteiger partial charge in [0.2, 0.25) is 11.8 Å². The minimum atomic E-state index is -0.574. The number of nitrogens with two attached hydrogens (primary N) is 2. The fourth-order valence-electron chi connectivity index (χ4n) is 2.12. The van der Waals surface area contributed by atoms with Crippen LogP contribution < -0.4 is 16.8 Å². The summed E-state index contributed by atoms with van der Waals surface area (Å²) < 4.78 is 0. The Bertz CT molecular complexity index is 505. The van der Waals surface area contributed by atoms with Gasteiger partial charge in [-0.25, -0.2) is 0 Å². The fourth-order valence-corrected chi connectivity index (χ4v) is 2.12. The SMILES string of the molecule is CCC(CC)(CN)C(=O)Nc1cc(C(N)=O)ccc1C.Cl. The number of halogens is 1. The summed E-state index contributed by atoms with van der Waals surface area (Å²) in [6.45, 7) is 6.05. The number of rotatable bonds is 6. The van der Waals surface area contributed by atoms with Crippen LogP contribution in [0.5, 0.6) is 0 Å². The molecule has 0 saturated heterocycles. The second-order valence-electron chi connectivity index (χ2n) is 5.04. The molecular formula is C15H24ClN3O2. The smallest absolute Gasteiger partial charge is 0.248 e. The summed E-state index contributed by atoms with van der Waals surface area (Å²) in [5.41, 5.74) is 12.3. The van der Waals surface area contributed by atoms with Crippen LogP contribution in [0.1, 0.15) is 42.6 Å². The van der Waals surface area contributed by atoms with Crippen molar-refractivity contribution in [1.82, 2.24) is 0 Å². The van der Waals surface area contributed by atoms with E-state index in [0.29, 0.717) is 30.6 Å². The number of amides is 2. The zero-order chi connectivity index (χ0) is 15.3. The van der Waals surface area contributed by atoms with Crippen molar-refractivity contribution in [3.05, 3.63) is 29.3 Å². The molecule has 0 aromatic heterocycles. The predicted molar refractivity (Wildman–Crippen MR) is 87.6 cm³/mol. The third kappa shape index (κ3) is 4.19. The first-order chi connectivity index (χ1) is 9.40. The summed E-state index contributed by atoms with van der Waals surface area (Å²) >= 11 is 0. The van der Waals surface area contributed by atoms with Crippen molar-refractivity contribution in [1.29, 1.82) is 0 Å². The van der Waals surface area contributed by atoms with E-state index in [-0.39, 0.29) is 18.3 Å². The van der Waals surface area contributed by atoms with Crippen molar-refractivity contribution in [3.63, 3.8) is 0 Å². The number of aryl methyl sites for hydroxylation is 1. The molecule has 5 nitrogen and oxygen atoms in total. The summed E-state index contributed by atoms with van der Waals surface area (Å²) in [4.78, 5) is 23.7. The van der Waals surface area contributed by atoms with Crippen LogP contribution in [0, 0.1) is 12.3 Å². The third-order valence-corrected chi connectivity index (χ3v) is 4.00. The zero-order valence-corrected chi connectivity index (χ0v) is 13.5. The molecule has 1 rings (SSSR count). The number of carbonyl (C=O) groups excluding carboxylic acids is 2. The van der Waals surface area contributed by atoms with Gasteiger partial charge in [-0.3, -0.25) is 9.59 Å². The van der Waals surface area contributed by atoms with Gasteiger partial charge in [0.05, 0.1) is 5.41 Å². The molecule has 1 aromatic rings. The molecule has 6 heteroatoms. The highest BCUT2D eigenvalue weighted by Crippen LogP contribution is 2.28. The molecule has 0 saturated carbocycles. The molecule has 21 heavy (non-hydrogen) atoms. The highest BCUT2D eigenvalue weighted by Gasteiger charge is 2.33. The Morgan fingerprint density at radius 1 is 1.24 bits per heavy atom. The van der Waals surface area contributed by atoms with Crippen molar-refractivity contribution in [2.75, 3.05) is 11.9 Å². The molecule has 2 amide bonds. The van der Waals surface area contributed by atoms with Crippen LogP contribution in [0.25, 0.3) is 0 Å². The molecule has 0 unspecified atom stereocenters. The average Bonchev–Trinajstić information content (AvgIpc) is 2.43. The molecule has 0 aliphatic carbocycles. The van der Waals surface area contributed by atoms with Crippen molar-refractivity contribution in [2.45, 2.75) is 33.6 Å². The van der Waals surface area contributed by atoms with Crippen LogP contribution in [0.15, 0.2) is 18.2 Å². The molecule has 0 aliphatic rings. The van der Waals surface area contributed by atoms with E-state index in [0.717, 1.165) is 5.56 Å². The lowest BCUT2D eigenvalue weighted by Crippen LogP contribution is -2.41. The Kier molecular flexibility index (Phi) is 7.39. The predicted octanol–water partition coefficient (Wildman–Crippen LogP) is 2.22. The number of hydrogen-bond donors (Lipinski definition) is 3. The van der Waals surface area contributed by atoms with Gasteiger partial charge in [0.1, 0.15) is 0 Å². The second kappa shape index (κ2) is 8.00. The number of carbonyl (C=O) groups is 2. The highest BCUT2D eigenvalue weighted by atomic mass is 35.5. The Labute approximate surface area is 131 Å². The van der Waals surface area contributed by atoms with Crippen molar-refractivity contribution in [2.24, 2.45) is 16.9 Å². The average molecular weight is 314 g/mol. The van der Waals surface area contributed by atoms with Crippen LogP contribution in [-0.2, 0) is 4.79 Å². The van der Waals surface area contributed by atoms with Gasteiger partial charge in [0.25, 0.3) is 0 Å². The van der Waals surface area contributed by atoms with Gasteiger partial charge in [-0.2, -0.15) is 0 Å². The number of nitrogens with one attached hydrogen (secondary N) is 1. The molecule has 0 fully saturated rings. The quantitative estimate of drug-likeness (QED) is 0.751. The van der Waals surface area contributed by atoms with Crippen LogP contribution in [-0.4, -0.2) is 18.4 Å². The molecule has 5 N–H and O–H groups in total. The Morgan fingerprint density at radius 2 is 1.81 bits per heavy atom. The normalized spacial score (nSPS) is 10.7. The lowest BCUT2D eigenvalue weighted by atomic mass is 9.81. The summed E-state index contributed by atoms with van der Waals surface area (Å²) in [6.07, 6.45) is 1.33. The van der Waals surface area contributed by atoms with Gasteiger partial charge in [0, 0.05) is 17.8 Å². The standard InChI is InChI=1S/C15H23N3O2.ClH/c1-4-15(5-2,9-16)14(20)18-12-8-11(13(17)19)7-6-10(12)3;/h6-8H,4-5,9,16H2,1-3H3,(H2,17,19)(H,18,20);1H. The first kappa shape index (κ1) is 19.4. The van der Waals surface area contributed by atoms with Gasteiger partial charge in [-0.15, -0.1) is 12.4 Å². The molecule has 0 radical (unpaired) electrons. The van der Waals surface area contributed by atoms with E-state index in [9.17, 15) is 9.59 Å². The maximum Gasteiger partial charge on any atom is 0.248 e. The van der Waals surface area contributed by atoms with Crippen LogP contribution >= 0.6 is 12.4 Å². The molecule has 0 bridgehead atoms. The van der Waals surface area contributed by atoms with Crippen molar-refractivity contribution in [3.8, 4) is 0 Å². The van der Waals surface area contributed by atoms with Crippen molar-refractivity contribution >= 4 is 29.9 Å². The third-order valence-electron chi connectivity index (χ3n) is 4.00. The maximum absolute atomic E-state index is 12.5. The Hall–Kier alpha value is -1.59. The van der Waals surface area contributed by atoms with E-state index >= 15 is 0 Å². The molecule has 1 aromatic carbocycles. The number of primary amides is 1. The molecule has 118 valence electrons. The Morgan fingerprint density at radius 3 is 2.24 bits per heavy atom. The van der Waals surface area contributed by atoms with E-state index in [4.69, 9.17) is 11.5 Å². The minimum Gasteiger partial charge on any atom is -0.366 e. The van der Waals surface area contributed by atoms with Crippen LogP contribution in [0.2, 0.25) is 0 Å². The zero-order valence-electron chi connectivity index (χ0n) is 12.7. The summed E-state index contributed by atoms with van der Waals surface area (Å²) in [6, 6.07) is 5.00. The Balaban J connectivity index is 0.00000400. The molecule has 0 heterocycles. The van der Waals surface area contributed by atoms with E-state index in [2.05, 4.69) is 5.32 Å². The van der Waals surface area contributed by atoms with E-state index < -0.39 is 11.3 Å². The van der Waals surface area contributed by atoms with Gasteiger partial charge in [-0.05, 0) is 37.5 Å². The van der Waals surface area contributed by atoms with Gasteiger partial charge < -0.3 is 16.8 Å². The summed E-state index contributed by atoms with van der Waals surface area (Å²) in [5, 5.41) is 2.87. The lowest BCUT2D eigenvalue weighted by Gasteiger charge is -2.29. The van der Waals surface area contributed by atoms with Gasteiger partial charge >= 0.3 is 0 Å². The van der Waals surface area contributed by atoms with Gasteiger partial charge in [-0.1, -0.05) is 19.9 Å². The van der Waals surface area contributed by atoms with Crippen LogP contribution in [0.3, 0.4) is 0 Å². The lowest BCUT2D eigenvalue weighted by molar-refractivity contribution is -0.125. The van der Waals surface area contributed by atoms with Crippen LogP contribution in [0.4, 0.5) is 5.69 Å². The molecule has 0 spiro atoms. The van der Waals surface area contributed by atoms with E-state index in [1.54, 1.807) is 18.2 Å². The highest BCUT2D eigenvalue weighted by molar-refractivity contribution is 5.99. The second-order valence-corrected chi connectivity index (χ2v) is 5.04. The molecular weight excluding hydrogens is 290 g/mol. The largest absolute Gasteiger partial charge is 0.366 e. The number of hydrogen-bond acceptors (Lipinski definition) is 3. The van der Waals surface area contributed by atoms with Crippen molar-refractivity contribution < 1.29 is 9.59 Å². The van der Waals surface area contributed by atoms with E-state index in [1.165, 1.54) is 0 Å². The minimum absolute atomic E-state index is 0. The number of benzene rings is 1. The monoisotopic (exact) mass is 313 g/mol. The molecule has 0 atom stereocenters.